The van der Waals surface area contributed by atoms with Gasteiger partial charge in [0.15, 0.2) is 11.5 Å². The van der Waals surface area contributed by atoms with Gasteiger partial charge in [0, 0.05) is 30.3 Å². The summed E-state index contributed by atoms with van der Waals surface area (Å²) in [5.41, 5.74) is 9.75. The summed E-state index contributed by atoms with van der Waals surface area (Å²) in [6.45, 7) is 10.8. The number of hydrogen-bond acceptors (Lipinski definition) is 8. The van der Waals surface area contributed by atoms with E-state index in [9.17, 15) is 19.6 Å². The van der Waals surface area contributed by atoms with Gasteiger partial charge >= 0.3 is 6.09 Å². The van der Waals surface area contributed by atoms with E-state index in [-0.39, 0.29) is 13.0 Å². The molecule has 50 heavy (non-hydrogen) atoms. The van der Waals surface area contributed by atoms with Crippen LogP contribution in [0.5, 0.6) is 11.5 Å². The molecule has 262 valence electrons. The molecule has 4 aromatic rings. The fourth-order valence-electron chi connectivity index (χ4n) is 5.73. The second-order valence-electron chi connectivity index (χ2n) is 13.0. The number of H-pyrrole nitrogens is 1. The van der Waals surface area contributed by atoms with Crippen LogP contribution in [0.4, 0.5) is 4.79 Å². The van der Waals surface area contributed by atoms with Gasteiger partial charge in [-0.15, -0.1) is 0 Å². The van der Waals surface area contributed by atoms with Crippen LogP contribution in [0.15, 0.2) is 60.8 Å². The van der Waals surface area contributed by atoms with Crippen LogP contribution in [0, 0.1) is 25.2 Å². The number of nitrogens with one attached hydrogen (secondary N) is 2. The number of hydrogen-bond donors (Lipinski definition) is 3. The number of aromatic nitrogens is 2. The zero-order chi connectivity index (χ0) is 36.7. The van der Waals surface area contributed by atoms with Crippen LogP contribution in [-0.4, -0.2) is 58.6 Å². The largest absolute Gasteiger partial charge is 0.493 e. The van der Waals surface area contributed by atoms with E-state index in [2.05, 4.69) is 16.4 Å². The van der Waals surface area contributed by atoms with E-state index in [0.717, 1.165) is 22.3 Å². The standard InChI is InChI=1S/C38H44N6O6/c1-22-15-27(34(40)45)16-23(2)29(22)18-30(43-37(47)50-38(4,5)6)36(46)44(21-25-13-14-32(48-7)33(17-25)49-8)24(3)35-41-20-31(42-35)28-12-10-9-11-26(28)19-39/h9-17,20,24,30H,18,21H2,1-8H3,(H2,40,45)(H,41,42)(H,43,47)/t24-,30-/m0/s1. The van der Waals surface area contributed by atoms with E-state index in [4.69, 9.17) is 24.9 Å². The van der Waals surface area contributed by atoms with Gasteiger partial charge in [0.05, 0.1) is 37.6 Å². The van der Waals surface area contributed by atoms with Crippen LogP contribution < -0.4 is 20.5 Å². The van der Waals surface area contributed by atoms with Crippen molar-refractivity contribution in [2.24, 2.45) is 5.73 Å². The monoisotopic (exact) mass is 680 g/mol. The van der Waals surface area contributed by atoms with Crippen LogP contribution in [0.1, 0.15) is 77.7 Å². The number of primary amides is 1. The van der Waals surface area contributed by atoms with Gasteiger partial charge in [-0.25, -0.2) is 9.78 Å². The summed E-state index contributed by atoms with van der Waals surface area (Å²) in [6, 6.07) is 16.3. The molecule has 2 atom stereocenters. The van der Waals surface area contributed by atoms with Crippen LogP contribution in [0.3, 0.4) is 0 Å². The summed E-state index contributed by atoms with van der Waals surface area (Å²) in [5.74, 6) is 0.515. The topological polar surface area (TPSA) is 173 Å². The summed E-state index contributed by atoms with van der Waals surface area (Å²) in [4.78, 5) is 49.7. The van der Waals surface area contributed by atoms with E-state index in [1.165, 1.54) is 7.11 Å². The molecule has 0 aliphatic heterocycles. The third kappa shape index (κ3) is 8.79. The predicted molar refractivity (Wildman–Crippen MR) is 189 cm³/mol. The molecule has 4 N–H and O–H groups in total. The van der Waals surface area contributed by atoms with E-state index >= 15 is 0 Å². The lowest BCUT2D eigenvalue weighted by molar-refractivity contribution is -0.136. The van der Waals surface area contributed by atoms with Crippen molar-refractivity contribution in [2.45, 2.75) is 72.2 Å². The number of rotatable bonds is 12. The second kappa shape index (κ2) is 15.6. The summed E-state index contributed by atoms with van der Waals surface area (Å²) in [7, 11) is 3.08. The molecular formula is C38H44N6O6. The highest BCUT2D eigenvalue weighted by Crippen LogP contribution is 2.31. The highest BCUT2D eigenvalue weighted by atomic mass is 16.6. The van der Waals surface area contributed by atoms with E-state index in [0.29, 0.717) is 39.7 Å². The lowest BCUT2D eigenvalue weighted by Gasteiger charge is -2.33. The van der Waals surface area contributed by atoms with Gasteiger partial charge in [-0.05, 0) is 94.1 Å². The normalized spacial score (nSPS) is 12.3. The maximum Gasteiger partial charge on any atom is 0.408 e. The Bertz CT molecular complexity index is 1900. The quantitative estimate of drug-likeness (QED) is 0.166. The number of aryl methyl sites for hydroxylation is 2. The number of nitrogens with two attached hydrogens (primary N) is 1. The van der Waals surface area contributed by atoms with Crippen molar-refractivity contribution in [3.05, 3.63) is 100.0 Å². The summed E-state index contributed by atoms with van der Waals surface area (Å²) < 4.78 is 16.5. The second-order valence-corrected chi connectivity index (χ2v) is 13.0. The molecule has 0 bridgehead atoms. The average Bonchev–Trinajstić information content (AvgIpc) is 3.57. The van der Waals surface area contributed by atoms with Gasteiger partial charge in [0.25, 0.3) is 0 Å². The Morgan fingerprint density at radius 1 is 1.02 bits per heavy atom. The lowest BCUT2D eigenvalue weighted by Crippen LogP contribution is -2.51. The molecule has 0 fully saturated rings. The van der Waals surface area contributed by atoms with E-state index < -0.39 is 35.6 Å². The van der Waals surface area contributed by atoms with Gasteiger partial charge in [0.1, 0.15) is 17.5 Å². The Kier molecular flexibility index (Phi) is 11.5. The number of imidazole rings is 1. The molecule has 3 amide bonds. The van der Waals surface area contributed by atoms with Crippen molar-refractivity contribution >= 4 is 17.9 Å². The fraction of sp³-hybridized carbons (Fsp3) is 0.342. The molecule has 1 heterocycles. The fourth-order valence-corrected chi connectivity index (χ4v) is 5.73. The number of carbonyl (C=O) groups excluding carboxylic acids is 3. The maximum atomic E-state index is 14.9. The molecule has 12 nitrogen and oxygen atoms in total. The number of amides is 3. The molecule has 12 heteroatoms. The molecule has 0 aliphatic carbocycles. The molecule has 1 aromatic heterocycles. The third-order valence-corrected chi connectivity index (χ3v) is 8.25. The SMILES string of the molecule is COc1ccc(CN(C(=O)[C@H](Cc2c(C)cc(C(N)=O)cc2C)NC(=O)OC(C)(C)C)[C@@H](C)c2nc(-c3ccccc3C#N)c[nH]2)cc1OC. The Morgan fingerprint density at radius 2 is 1.68 bits per heavy atom. The average molecular weight is 681 g/mol. The number of carbonyl (C=O) groups is 3. The number of nitriles is 1. The van der Waals surface area contributed by atoms with Gasteiger partial charge in [-0.2, -0.15) is 5.26 Å². The molecule has 0 saturated heterocycles. The Hall–Kier alpha value is -5.83. The van der Waals surface area contributed by atoms with Crippen molar-refractivity contribution in [2.75, 3.05) is 14.2 Å². The molecular weight excluding hydrogens is 636 g/mol. The zero-order valence-electron chi connectivity index (χ0n) is 29.7. The Balaban J connectivity index is 1.81. The first-order valence-corrected chi connectivity index (χ1v) is 16.1. The zero-order valence-corrected chi connectivity index (χ0v) is 29.7. The molecule has 3 aromatic carbocycles. The Morgan fingerprint density at radius 3 is 2.28 bits per heavy atom. The van der Waals surface area contributed by atoms with Gasteiger partial charge in [0.2, 0.25) is 11.8 Å². The van der Waals surface area contributed by atoms with Gasteiger partial charge in [-0.1, -0.05) is 24.3 Å². The van der Waals surface area contributed by atoms with E-state index in [1.807, 2.05) is 39.0 Å². The van der Waals surface area contributed by atoms with Crippen molar-refractivity contribution in [1.29, 1.82) is 5.26 Å². The van der Waals surface area contributed by atoms with Crippen LogP contribution >= 0.6 is 0 Å². The maximum absolute atomic E-state index is 14.9. The Labute approximate surface area is 292 Å². The minimum Gasteiger partial charge on any atom is -0.493 e. The molecule has 4 rings (SSSR count). The first kappa shape index (κ1) is 37.0. The van der Waals surface area contributed by atoms with Crippen LogP contribution in [-0.2, 0) is 22.5 Å². The molecule has 0 unspecified atom stereocenters. The number of benzene rings is 3. The summed E-state index contributed by atoms with van der Waals surface area (Å²) in [5, 5.41) is 12.5. The van der Waals surface area contributed by atoms with Crippen molar-refractivity contribution in [3.63, 3.8) is 0 Å². The number of methoxy groups -OCH3 is 2. The summed E-state index contributed by atoms with van der Waals surface area (Å²) in [6.07, 6.45) is 1.04. The number of nitrogens with zero attached hydrogens (tertiary/aromatic N) is 3. The predicted octanol–water partition coefficient (Wildman–Crippen LogP) is 5.91. The van der Waals surface area contributed by atoms with Crippen molar-refractivity contribution in [3.8, 4) is 28.8 Å². The van der Waals surface area contributed by atoms with Gasteiger partial charge in [-0.3, -0.25) is 9.59 Å². The number of aromatic amines is 1. The number of alkyl carbamates (subject to hydrolysis) is 1. The molecule has 0 radical (unpaired) electrons. The van der Waals surface area contributed by atoms with Crippen LogP contribution in [0.25, 0.3) is 11.3 Å². The first-order chi connectivity index (χ1) is 23.6. The van der Waals surface area contributed by atoms with Gasteiger partial charge < -0.3 is 35.1 Å². The van der Waals surface area contributed by atoms with Crippen LogP contribution in [0.2, 0.25) is 0 Å². The molecule has 0 saturated carbocycles. The molecule has 0 spiro atoms. The minimum atomic E-state index is -1.09. The lowest BCUT2D eigenvalue weighted by atomic mass is 9.93. The highest BCUT2D eigenvalue weighted by molar-refractivity contribution is 5.93. The highest BCUT2D eigenvalue weighted by Gasteiger charge is 2.33. The summed E-state index contributed by atoms with van der Waals surface area (Å²) >= 11 is 0. The number of ether oxygens (including phenoxy) is 3. The minimum absolute atomic E-state index is 0.100. The third-order valence-electron chi connectivity index (χ3n) is 8.25. The van der Waals surface area contributed by atoms with Crippen molar-refractivity contribution < 1.29 is 28.6 Å². The first-order valence-electron chi connectivity index (χ1n) is 16.1. The van der Waals surface area contributed by atoms with E-state index in [1.54, 1.807) is 75.4 Å². The van der Waals surface area contributed by atoms with Crippen molar-refractivity contribution in [1.82, 2.24) is 20.2 Å². The molecule has 0 aliphatic rings. The smallest absolute Gasteiger partial charge is 0.408 e.